The minimum absolute atomic E-state index is 0.325. The Kier molecular flexibility index (Phi) is 6.19. The molecule has 3 aromatic heterocycles. The van der Waals surface area contributed by atoms with Gasteiger partial charge in [0.15, 0.2) is 11.6 Å². The lowest BCUT2D eigenvalue weighted by Gasteiger charge is -2.11. The van der Waals surface area contributed by atoms with Crippen molar-refractivity contribution in [1.82, 2.24) is 24.7 Å². The van der Waals surface area contributed by atoms with Gasteiger partial charge in [-0.1, -0.05) is 6.07 Å². The Hall–Kier alpha value is -4.09. The third-order valence-electron chi connectivity index (χ3n) is 5.01. The highest BCUT2D eigenvalue weighted by molar-refractivity contribution is 5.67. The predicted molar refractivity (Wildman–Crippen MR) is 119 cm³/mol. The number of nitrogens with zero attached hydrogens (tertiary/aromatic N) is 6. The molecule has 160 valence electrons. The summed E-state index contributed by atoms with van der Waals surface area (Å²) in [5.41, 5.74) is 5.04. The summed E-state index contributed by atoms with van der Waals surface area (Å²) in [6.45, 7) is 4.80. The molecule has 8 nitrogen and oxygen atoms in total. The van der Waals surface area contributed by atoms with Crippen LogP contribution in [0.2, 0.25) is 0 Å². The summed E-state index contributed by atoms with van der Waals surface area (Å²) in [5.74, 6) is 1.83. The highest BCUT2D eigenvalue weighted by Crippen LogP contribution is 2.27. The number of benzene rings is 1. The fourth-order valence-corrected chi connectivity index (χ4v) is 3.39. The average Bonchev–Trinajstić information content (AvgIpc) is 3.26. The molecule has 0 aliphatic rings. The molecule has 4 rings (SSSR count). The number of methoxy groups -OCH3 is 1. The van der Waals surface area contributed by atoms with Gasteiger partial charge in [-0.15, -0.1) is 10.2 Å². The van der Waals surface area contributed by atoms with E-state index in [9.17, 15) is 0 Å². The second kappa shape index (κ2) is 9.37. The zero-order valence-electron chi connectivity index (χ0n) is 18.1. The van der Waals surface area contributed by atoms with E-state index in [1.54, 1.807) is 31.6 Å². The van der Waals surface area contributed by atoms with Crippen molar-refractivity contribution in [2.24, 2.45) is 0 Å². The van der Waals surface area contributed by atoms with E-state index in [1.807, 2.05) is 48.7 Å². The lowest BCUT2D eigenvalue weighted by Crippen LogP contribution is -2.06. The molecule has 0 amide bonds. The first-order chi connectivity index (χ1) is 15.6. The van der Waals surface area contributed by atoms with Crippen LogP contribution in [-0.4, -0.2) is 38.4 Å². The molecule has 0 aliphatic carbocycles. The van der Waals surface area contributed by atoms with Gasteiger partial charge in [0.05, 0.1) is 36.3 Å². The van der Waals surface area contributed by atoms with Gasteiger partial charge in [0.25, 0.3) is 0 Å². The van der Waals surface area contributed by atoms with E-state index in [-0.39, 0.29) is 0 Å². The van der Waals surface area contributed by atoms with Crippen LogP contribution in [0.1, 0.15) is 23.9 Å². The van der Waals surface area contributed by atoms with Gasteiger partial charge in [-0.05, 0) is 49.7 Å². The first-order valence-electron chi connectivity index (χ1n) is 10.1. The largest absolute Gasteiger partial charge is 0.481 e. The van der Waals surface area contributed by atoms with Gasteiger partial charge < -0.3 is 9.47 Å². The summed E-state index contributed by atoms with van der Waals surface area (Å²) in [7, 11) is 1.58. The molecule has 8 heteroatoms. The molecule has 4 aromatic rings. The molecular weight excluding hydrogens is 404 g/mol. The van der Waals surface area contributed by atoms with Gasteiger partial charge in [0.2, 0.25) is 5.88 Å². The Morgan fingerprint density at radius 1 is 1.03 bits per heavy atom. The number of aromatic nitrogens is 5. The zero-order valence-corrected chi connectivity index (χ0v) is 18.1. The molecule has 0 aliphatic heterocycles. The maximum atomic E-state index is 9.09. The Labute approximate surface area is 186 Å². The van der Waals surface area contributed by atoms with Crippen molar-refractivity contribution in [3.8, 4) is 40.3 Å². The van der Waals surface area contributed by atoms with Gasteiger partial charge >= 0.3 is 0 Å². The van der Waals surface area contributed by atoms with E-state index in [2.05, 4.69) is 26.2 Å². The number of pyridine rings is 2. The minimum Gasteiger partial charge on any atom is -0.481 e. The van der Waals surface area contributed by atoms with Crippen LogP contribution in [0, 0.1) is 18.3 Å². The Bertz CT molecular complexity index is 1260. The lowest BCUT2D eigenvalue weighted by atomic mass is 10.0. The van der Waals surface area contributed by atoms with Crippen LogP contribution in [-0.2, 0) is 11.3 Å². The van der Waals surface area contributed by atoms with Crippen LogP contribution in [0.15, 0.2) is 54.9 Å². The Morgan fingerprint density at radius 3 is 2.53 bits per heavy atom. The number of aryl methyl sites for hydroxylation is 1. The maximum Gasteiger partial charge on any atom is 0.213 e. The summed E-state index contributed by atoms with van der Waals surface area (Å²) in [5, 5.41) is 17.8. The standard InChI is InChI=1S/C24H22N6O2/c1-4-32-15-22-28-29-24(30(22)19-7-10-23(31-3)27-14-19)18-6-9-21(26-13-18)20-8-5-17(12-25)11-16(20)2/h5-11,13-14H,4,15H2,1-3H3. The van der Waals surface area contributed by atoms with Crippen LogP contribution in [0.4, 0.5) is 0 Å². The number of nitriles is 1. The van der Waals surface area contributed by atoms with E-state index in [0.29, 0.717) is 36.3 Å². The number of rotatable bonds is 7. The summed E-state index contributed by atoms with van der Waals surface area (Å²) in [4.78, 5) is 8.95. The van der Waals surface area contributed by atoms with Crippen molar-refractivity contribution in [3.05, 3.63) is 71.8 Å². The van der Waals surface area contributed by atoms with Crippen molar-refractivity contribution in [2.45, 2.75) is 20.5 Å². The Balaban J connectivity index is 1.73. The normalized spacial score (nSPS) is 10.7. The lowest BCUT2D eigenvalue weighted by molar-refractivity contribution is 0.127. The van der Waals surface area contributed by atoms with E-state index in [4.69, 9.17) is 14.7 Å². The topological polar surface area (TPSA) is 98.7 Å². The van der Waals surface area contributed by atoms with Crippen LogP contribution in [0.3, 0.4) is 0 Å². The van der Waals surface area contributed by atoms with Gasteiger partial charge in [-0.2, -0.15) is 5.26 Å². The first kappa shape index (κ1) is 21.2. The smallest absolute Gasteiger partial charge is 0.213 e. The molecule has 0 N–H and O–H groups in total. The second-order valence-corrected chi connectivity index (χ2v) is 7.04. The van der Waals surface area contributed by atoms with Crippen molar-refractivity contribution in [2.75, 3.05) is 13.7 Å². The van der Waals surface area contributed by atoms with Gasteiger partial charge in [-0.25, -0.2) is 4.98 Å². The maximum absolute atomic E-state index is 9.09. The molecule has 3 heterocycles. The third-order valence-corrected chi connectivity index (χ3v) is 5.01. The second-order valence-electron chi connectivity index (χ2n) is 7.04. The molecule has 0 saturated heterocycles. The molecule has 0 radical (unpaired) electrons. The molecule has 32 heavy (non-hydrogen) atoms. The molecule has 0 spiro atoms. The molecule has 0 saturated carbocycles. The van der Waals surface area contributed by atoms with E-state index in [0.717, 1.165) is 28.1 Å². The zero-order chi connectivity index (χ0) is 22.5. The van der Waals surface area contributed by atoms with Crippen LogP contribution < -0.4 is 4.74 Å². The fraction of sp³-hybridized carbons (Fsp3) is 0.208. The van der Waals surface area contributed by atoms with Crippen LogP contribution >= 0.6 is 0 Å². The van der Waals surface area contributed by atoms with Crippen LogP contribution in [0.25, 0.3) is 28.3 Å². The minimum atomic E-state index is 0.325. The molecule has 1 aromatic carbocycles. The SMILES string of the molecule is CCOCc1nnc(-c2ccc(-c3ccc(C#N)cc3C)nc2)n1-c1ccc(OC)nc1. The Morgan fingerprint density at radius 2 is 1.91 bits per heavy atom. The van der Waals surface area contributed by atoms with Crippen molar-refractivity contribution in [1.29, 1.82) is 5.26 Å². The van der Waals surface area contributed by atoms with Crippen molar-refractivity contribution < 1.29 is 9.47 Å². The summed E-state index contributed by atoms with van der Waals surface area (Å²) in [6, 6.07) is 15.3. The monoisotopic (exact) mass is 426 g/mol. The highest BCUT2D eigenvalue weighted by Gasteiger charge is 2.17. The summed E-state index contributed by atoms with van der Waals surface area (Å²) >= 11 is 0. The van der Waals surface area contributed by atoms with E-state index < -0.39 is 0 Å². The summed E-state index contributed by atoms with van der Waals surface area (Å²) < 4.78 is 12.7. The summed E-state index contributed by atoms with van der Waals surface area (Å²) in [6.07, 6.45) is 3.48. The van der Waals surface area contributed by atoms with E-state index in [1.165, 1.54) is 0 Å². The number of hydrogen-bond donors (Lipinski definition) is 0. The molecule has 0 fully saturated rings. The molecule has 0 bridgehead atoms. The van der Waals surface area contributed by atoms with E-state index >= 15 is 0 Å². The average molecular weight is 426 g/mol. The van der Waals surface area contributed by atoms with Crippen molar-refractivity contribution in [3.63, 3.8) is 0 Å². The fourth-order valence-electron chi connectivity index (χ4n) is 3.39. The van der Waals surface area contributed by atoms with Crippen molar-refractivity contribution >= 4 is 0 Å². The molecule has 0 atom stereocenters. The first-order valence-corrected chi connectivity index (χ1v) is 10.1. The van der Waals surface area contributed by atoms with Gasteiger partial charge in [0.1, 0.15) is 6.61 Å². The molecule has 0 unspecified atom stereocenters. The molecular formula is C24H22N6O2. The number of hydrogen-bond acceptors (Lipinski definition) is 7. The quantitative estimate of drug-likeness (QED) is 0.438. The number of ether oxygens (including phenoxy) is 2. The predicted octanol–water partition coefficient (Wildman–Crippen LogP) is 4.12. The van der Waals surface area contributed by atoms with Crippen LogP contribution in [0.5, 0.6) is 5.88 Å². The highest BCUT2D eigenvalue weighted by atomic mass is 16.5. The van der Waals surface area contributed by atoms with Gasteiger partial charge in [-0.3, -0.25) is 9.55 Å². The van der Waals surface area contributed by atoms with Gasteiger partial charge in [0, 0.05) is 30.0 Å². The third kappa shape index (κ3) is 4.19.